The van der Waals surface area contributed by atoms with E-state index in [1.807, 2.05) is 12.1 Å². The predicted octanol–water partition coefficient (Wildman–Crippen LogP) is 3.85. The lowest BCUT2D eigenvalue weighted by molar-refractivity contribution is 0.0893. The lowest BCUT2D eigenvalue weighted by Crippen LogP contribution is -2.39. The molecule has 1 aromatic rings. The Balaban J connectivity index is 2.24. The molecule has 1 atom stereocenters. The van der Waals surface area contributed by atoms with Gasteiger partial charge in [-0.3, -0.25) is 0 Å². The van der Waals surface area contributed by atoms with Gasteiger partial charge in [0.15, 0.2) is 0 Å². The van der Waals surface area contributed by atoms with Gasteiger partial charge < -0.3 is 9.64 Å². The van der Waals surface area contributed by atoms with Crippen molar-refractivity contribution in [2.24, 2.45) is 0 Å². The van der Waals surface area contributed by atoms with Crippen LogP contribution in [0.15, 0.2) is 18.2 Å². The van der Waals surface area contributed by atoms with E-state index in [4.69, 9.17) is 16.3 Å². The number of nitrogens with zero attached hydrogens (tertiary/aromatic N) is 1. The first-order valence-electron chi connectivity index (χ1n) is 5.87. The van der Waals surface area contributed by atoms with Crippen LogP contribution in [0.4, 0.5) is 5.69 Å². The molecule has 0 aromatic heterocycles. The lowest BCUT2D eigenvalue weighted by Gasteiger charge is -2.35. The SMILES string of the molecule is COC1CCCN(c2cccc(Cl)c2CBr)C1. The zero-order valence-electron chi connectivity index (χ0n) is 9.96. The summed E-state index contributed by atoms with van der Waals surface area (Å²) in [6.45, 7) is 2.04. The van der Waals surface area contributed by atoms with E-state index in [-0.39, 0.29) is 0 Å². The second-order valence-electron chi connectivity index (χ2n) is 4.32. The summed E-state index contributed by atoms with van der Waals surface area (Å²) in [5.74, 6) is 0. The molecule has 0 spiro atoms. The maximum atomic E-state index is 6.23. The third-order valence-electron chi connectivity index (χ3n) is 3.28. The Bertz CT molecular complexity index is 386. The molecule has 0 radical (unpaired) electrons. The fraction of sp³-hybridized carbons (Fsp3) is 0.538. The number of piperidine rings is 1. The van der Waals surface area contributed by atoms with Crippen molar-refractivity contribution in [3.8, 4) is 0 Å². The Morgan fingerprint density at radius 1 is 1.53 bits per heavy atom. The summed E-state index contributed by atoms with van der Waals surface area (Å²) in [4.78, 5) is 2.38. The normalized spacial score (nSPS) is 20.6. The summed E-state index contributed by atoms with van der Waals surface area (Å²) in [6, 6.07) is 6.10. The van der Waals surface area contributed by atoms with Crippen LogP contribution in [0.5, 0.6) is 0 Å². The van der Waals surface area contributed by atoms with Gasteiger partial charge in [-0.15, -0.1) is 0 Å². The molecule has 0 aliphatic carbocycles. The van der Waals surface area contributed by atoms with Crippen molar-refractivity contribution in [1.82, 2.24) is 0 Å². The van der Waals surface area contributed by atoms with Crippen molar-refractivity contribution in [3.05, 3.63) is 28.8 Å². The standard InChI is InChI=1S/C13H17BrClNO/c1-17-10-4-3-7-16(9-10)13-6-2-5-12(15)11(13)8-14/h2,5-6,10H,3-4,7-9H2,1H3. The number of hydrogen-bond acceptors (Lipinski definition) is 2. The second kappa shape index (κ2) is 6.07. The van der Waals surface area contributed by atoms with Gasteiger partial charge in [0.2, 0.25) is 0 Å². The van der Waals surface area contributed by atoms with E-state index in [2.05, 4.69) is 26.9 Å². The average Bonchev–Trinajstić information content (AvgIpc) is 2.38. The third-order valence-corrected chi connectivity index (χ3v) is 4.19. The topological polar surface area (TPSA) is 12.5 Å². The maximum absolute atomic E-state index is 6.23. The molecule has 1 saturated heterocycles. The van der Waals surface area contributed by atoms with Crippen LogP contribution in [0.2, 0.25) is 5.02 Å². The van der Waals surface area contributed by atoms with Crippen molar-refractivity contribution in [2.45, 2.75) is 24.3 Å². The summed E-state index contributed by atoms with van der Waals surface area (Å²) >= 11 is 9.75. The predicted molar refractivity (Wildman–Crippen MR) is 76.3 cm³/mol. The molecule has 2 nitrogen and oxygen atoms in total. The van der Waals surface area contributed by atoms with Gasteiger partial charge >= 0.3 is 0 Å². The minimum absolute atomic E-state index is 0.339. The van der Waals surface area contributed by atoms with Crippen LogP contribution in [0.25, 0.3) is 0 Å². The van der Waals surface area contributed by atoms with Gasteiger partial charge in [-0.05, 0) is 25.0 Å². The number of methoxy groups -OCH3 is 1. The van der Waals surface area contributed by atoms with Gasteiger partial charge in [0.05, 0.1) is 6.10 Å². The fourth-order valence-corrected chi connectivity index (χ4v) is 3.31. The molecule has 0 bridgehead atoms. The molecule has 94 valence electrons. The van der Waals surface area contributed by atoms with Gasteiger partial charge in [-0.1, -0.05) is 33.6 Å². The molecule has 1 aromatic carbocycles. The van der Waals surface area contributed by atoms with Crippen molar-refractivity contribution < 1.29 is 4.74 Å². The molecule has 4 heteroatoms. The highest BCUT2D eigenvalue weighted by molar-refractivity contribution is 9.08. The van der Waals surface area contributed by atoms with E-state index in [9.17, 15) is 0 Å². The van der Waals surface area contributed by atoms with Crippen LogP contribution in [0, 0.1) is 0 Å². The molecular formula is C13H17BrClNO. The quantitative estimate of drug-likeness (QED) is 0.785. The molecule has 1 aliphatic heterocycles. The Kier molecular flexibility index (Phi) is 4.71. The lowest BCUT2D eigenvalue weighted by atomic mass is 10.1. The second-order valence-corrected chi connectivity index (χ2v) is 5.29. The molecule has 1 heterocycles. The van der Waals surface area contributed by atoms with Crippen molar-refractivity contribution >= 4 is 33.2 Å². The van der Waals surface area contributed by atoms with E-state index in [0.29, 0.717) is 6.10 Å². The zero-order valence-corrected chi connectivity index (χ0v) is 12.3. The van der Waals surface area contributed by atoms with Crippen LogP contribution in [-0.4, -0.2) is 26.3 Å². The number of ether oxygens (including phenoxy) is 1. The number of hydrogen-bond donors (Lipinski definition) is 0. The number of rotatable bonds is 3. The van der Waals surface area contributed by atoms with Crippen LogP contribution in [0.1, 0.15) is 18.4 Å². The third kappa shape index (κ3) is 2.95. The van der Waals surface area contributed by atoms with Crippen LogP contribution in [0.3, 0.4) is 0 Å². The maximum Gasteiger partial charge on any atom is 0.0746 e. The van der Waals surface area contributed by atoms with Crippen LogP contribution in [-0.2, 0) is 10.1 Å². The summed E-state index contributed by atoms with van der Waals surface area (Å²) in [6.07, 6.45) is 2.66. The number of alkyl halides is 1. The summed E-state index contributed by atoms with van der Waals surface area (Å²) in [7, 11) is 1.79. The minimum atomic E-state index is 0.339. The average molecular weight is 319 g/mol. The van der Waals surface area contributed by atoms with Gasteiger partial charge in [0.25, 0.3) is 0 Å². The van der Waals surface area contributed by atoms with E-state index in [1.54, 1.807) is 7.11 Å². The van der Waals surface area contributed by atoms with Gasteiger partial charge in [0, 0.05) is 41.8 Å². The summed E-state index contributed by atoms with van der Waals surface area (Å²) in [5.41, 5.74) is 2.40. The Hall–Kier alpha value is -0.250. The van der Waals surface area contributed by atoms with Crippen molar-refractivity contribution in [1.29, 1.82) is 0 Å². The van der Waals surface area contributed by atoms with E-state index < -0.39 is 0 Å². The van der Waals surface area contributed by atoms with E-state index >= 15 is 0 Å². The smallest absolute Gasteiger partial charge is 0.0746 e. The number of benzene rings is 1. The molecule has 0 saturated carbocycles. The number of halogens is 2. The molecule has 2 rings (SSSR count). The minimum Gasteiger partial charge on any atom is -0.380 e. The van der Waals surface area contributed by atoms with Crippen LogP contribution >= 0.6 is 27.5 Å². The summed E-state index contributed by atoms with van der Waals surface area (Å²) < 4.78 is 5.46. The largest absolute Gasteiger partial charge is 0.380 e. The highest BCUT2D eigenvalue weighted by atomic mass is 79.9. The molecule has 0 amide bonds. The molecule has 1 unspecified atom stereocenters. The first kappa shape index (κ1) is 13.2. The van der Waals surface area contributed by atoms with Gasteiger partial charge in [-0.2, -0.15) is 0 Å². The van der Waals surface area contributed by atoms with Crippen LogP contribution < -0.4 is 4.90 Å². The number of anilines is 1. The molecule has 1 aliphatic rings. The van der Waals surface area contributed by atoms with Crippen molar-refractivity contribution in [2.75, 3.05) is 25.1 Å². The Labute approximate surface area is 116 Å². The van der Waals surface area contributed by atoms with E-state index in [1.165, 1.54) is 17.7 Å². The highest BCUT2D eigenvalue weighted by Crippen LogP contribution is 2.31. The molecule has 17 heavy (non-hydrogen) atoms. The monoisotopic (exact) mass is 317 g/mol. The molecule has 1 fully saturated rings. The first-order valence-corrected chi connectivity index (χ1v) is 7.37. The van der Waals surface area contributed by atoms with Gasteiger partial charge in [-0.25, -0.2) is 0 Å². The first-order chi connectivity index (χ1) is 8.26. The summed E-state index contributed by atoms with van der Waals surface area (Å²) in [5, 5.41) is 1.62. The Morgan fingerprint density at radius 3 is 3.06 bits per heavy atom. The molecular weight excluding hydrogens is 302 g/mol. The highest BCUT2D eigenvalue weighted by Gasteiger charge is 2.21. The molecule has 0 N–H and O–H groups in total. The zero-order chi connectivity index (χ0) is 12.3. The van der Waals surface area contributed by atoms with E-state index in [0.717, 1.165) is 29.9 Å². The Morgan fingerprint density at radius 2 is 2.35 bits per heavy atom. The van der Waals surface area contributed by atoms with Gasteiger partial charge in [0.1, 0.15) is 0 Å². The fourth-order valence-electron chi connectivity index (χ4n) is 2.33. The van der Waals surface area contributed by atoms with Crippen molar-refractivity contribution in [3.63, 3.8) is 0 Å².